The summed E-state index contributed by atoms with van der Waals surface area (Å²) in [4.78, 5) is 18.6. The molecule has 1 fully saturated rings. The highest BCUT2D eigenvalue weighted by molar-refractivity contribution is 9.10. The van der Waals surface area contributed by atoms with Gasteiger partial charge in [-0.1, -0.05) is 28.1 Å². The summed E-state index contributed by atoms with van der Waals surface area (Å²) in [6.45, 7) is 1.13. The summed E-state index contributed by atoms with van der Waals surface area (Å²) in [6, 6.07) is 15.8. The Bertz CT molecular complexity index is 909. The van der Waals surface area contributed by atoms with Crippen molar-refractivity contribution in [2.24, 2.45) is 0 Å². The fourth-order valence-electron chi connectivity index (χ4n) is 3.45. The van der Waals surface area contributed by atoms with Crippen LogP contribution >= 0.6 is 15.9 Å². The molecule has 5 nitrogen and oxygen atoms in total. The predicted molar refractivity (Wildman–Crippen MR) is 107 cm³/mol. The number of halogens is 1. The van der Waals surface area contributed by atoms with Crippen molar-refractivity contribution in [3.05, 3.63) is 76.7 Å². The fraction of sp³-hybridized carbons (Fsp3) is 0.238. The first-order valence-electron chi connectivity index (χ1n) is 9.00. The third-order valence-electron chi connectivity index (χ3n) is 4.81. The van der Waals surface area contributed by atoms with Crippen LogP contribution in [0.1, 0.15) is 30.2 Å². The van der Waals surface area contributed by atoms with Gasteiger partial charge in [0.1, 0.15) is 11.5 Å². The number of carbonyl (C=O) groups excluding carboxylic acids is 1. The number of urea groups is 1. The Kier molecular flexibility index (Phi) is 5.25. The van der Waals surface area contributed by atoms with E-state index < -0.39 is 0 Å². The third-order valence-corrected chi connectivity index (χ3v) is 5.34. The van der Waals surface area contributed by atoms with Gasteiger partial charge in [0.15, 0.2) is 0 Å². The van der Waals surface area contributed by atoms with Crippen molar-refractivity contribution in [2.45, 2.75) is 25.4 Å². The lowest BCUT2D eigenvalue weighted by Crippen LogP contribution is -2.39. The van der Waals surface area contributed by atoms with E-state index in [0.717, 1.165) is 46.5 Å². The minimum absolute atomic E-state index is 0.0593. The number of amides is 2. The lowest BCUT2D eigenvalue weighted by Gasteiger charge is -2.25. The molecule has 1 atom stereocenters. The number of pyridine rings is 1. The molecule has 0 saturated carbocycles. The van der Waals surface area contributed by atoms with E-state index in [2.05, 4.69) is 26.2 Å². The number of aromatic nitrogens is 1. The van der Waals surface area contributed by atoms with Crippen molar-refractivity contribution < 1.29 is 9.21 Å². The smallest absolute Gasteiger partial charge is 0.318 e. The summed E-state index contributed by atoms with van der Waals surface area (Å²) in [6.07, 6.45) is 5.53. The number of carbonyl (C=O) groups is 1. The van der Waals surface area contributed by atoms with Gasteiger partial charge >= 0.3 is 6.03 Å². The number of hydrogen-bond donors (Lipinski definition) is 1. The molecular weight excluding hydrogens is 406 g/mol. The largest absolute Gasteiger partial charge is 0.459 e. The first-order valence-corrected chi connectivity index (χ1v) is 9.79. The molecule has 0 radical (unpaired) electrons. The summed E-state index contributed by atoms with van der Waals surface area (Å²) in [5, 5.41) is 2.98. The molecule has 0 aliphatic carbocycles. The molecule has 138 valence electrons. The van der Waals surface area contributed by atoms with Crippen LogP contribution in [0.25, 0.3) is 11.3 Å². The van der Waals surface area contributed by atoms with Crippen LogP contribution in [0, 0.1) is 0 Å². The number of nitrogens with one attached hydrogen (secondary N) is 1. The Labute approximate surface area is 166 Å². The van der Waals surface area contributed by atoms with Gasteiger partial charge in [0.25, 0.3) is 0 Å². The molecule has 27 heavy (non-hydrogen) atoms. The van der Waals surface area contributed by atoms with E-state index in [9.17, 15) is 4.79 Å². The molecule has 1 N–H and O–H groups in total. The second-order valence-corrected chi connectivity index (χ2v) is 7.48. The molecule has 4 rings (SSSR count). The topological polar surface area (TPSA) is 58.4 Å². The van der Waals surface area contributed by atoms with E-state index >= 15 is 0 Å². The number of furan rings is 1. The lowest BCUT2D eigenvalue weighted by atomic mass is 10.1. The van der Waals surface area contributed by atoms with Gasteiger partial charge in [-0.25, -0.2) is 4.79 Å². The maximum absolute atomic E-state index is 12.7. The van der Waals surface area contributed by atoms with Crippen molar-refractivity contribution in [1.82, 2.24) is 15.2 Å². The van der Waals surface area contributed by atoms with E-state index in [1.807, 2.05) is 53.4 Å². The van der Waals surface area contributed by atoms with Crippen LogP contribution in [0.2, 0.25) is 0 Å². The van der Waals surface area contributed by atoms with Gasteiger partial charge in [0.2, 0.25) is 0 Å². The van der Waals surface area contributed by atoms with Crippen LogP contribution in [-0.2, 0) is 6.54 Å². The zero-order valence-corrected chi connectivity index (χ0v) is 16.4. The Morgan fingerprint density at radius 3 is 2.70 bits per heavy atom. The fourth-order valence-corrected chi connectivity index (χ4v) is 3.71. The van der Waals surface area contributed by atoms with Crippen LogP contribution < -0.4 is 5.32 Å². The second kappa shape index (κ2) is 7.96. The summed E-state index contributed by atoms with van der Waals surface area (Å²) >= 11 is 3.43. The SMILES string of the molecule is O=C(NCc1ccc(-c2ccc(Br)cc2)o1)N1CCCC1c1ccncc1. The monoisotopic (exact) mass is 425 g/mol. The van der Waals surface area contributed by atoms with E-state index in [0.29, 0.717) is 6.54 Å². The molecule has 1 aliphatic rings. The van der Waals surface area contributed by atoms with E-state index in [1.165, 1.54) is 0 Å². The zero-order chi connectivity index (χ0) is 18.6. The average molecular weight is 426 g/mol. The standard InChI is InChI=1S/C21H20BrN3O2/c22-17-5-3-16(4-6-17)20-8-7-18(27-20)14-24-21(26)25-13-1-2-19(25)15-9-11-23-12-10-15/h3-12,19H,1-2,13-14H2,(H,24,26). The van der Waals surface area contributed by atoms with E-state index in [1.54, 1.807) is 12.4 Å². The minimum Gasteiger partial charge on any atom is -0.459 e. The molecule has 6 heteroatoms. The number of nitrogens with zero attached hydrogens (tertiary/aromatic N) is 2. The van der Waals surface area contributed by atoms with Crippen LogP contribution in [0.3, 0.4) is 0 Å². The van der Waals surface area contributed by atoms with Crippen LogP contribution in [-0.4, -0.2) is 22.5 Å². The van der Waals surface area contributed by atoms with Crippen LogP contribution in [0.5, 0.6) is 0 Å². The first-order chi connectivity index (χ1) is 13.2. The number of hydrogen-bond acceptors (Lipinski definition) is 3. The van der Waals surface area contributed by atoms with Crippen molar-refractivity contribution in [3.8, 4) is 11.3 Å². The summed E-state index contributed by atoms with van der Waals surface area (Å²) in [5.74, 6) is 1.53. The number of rotatable bonds is 4. The summed E-state index contributed by atoms with van der Waals surface area (Å²) < 4.78 is 6.90. The van der Waals surface area contributed by atoms with Gasteiger partial charge in [0.05, 0.1) is 12.6 Å². The molecule has 3 heterocycles. The molecule has 2 aromatic heterocycles. The highest BCUT2D eigenvalue weighted by atomic mass is 79.9. The van der Waals surface area contributed by atoms with Crippen molar-refractivity contribution >= 4 is 22.0 Å². The normalized spacial score (nSPS) is 16.5. The quantitative estimate of drug-likeness (QED) is 0.628. The van der Waals surface area contributed by atoms with Crippen molar-refractivity contribution in [3.63, 3.8) is 0 Å². The van der Waals surface area contributed by atoms with Gasteiger partial charge in [-0.05, 0) is 54.8 Å². The molecule has 1 saturated heterocycles. The molecule has 1 aliphatic heterocycles. The average Bonchev–Trinajstić information content (AvgIpc) is 3.37. The molecular formula is C21H20BrN3O2. The highest BCUT2D eigenvalue weighted by Gasteiger charge is 2.29. The lowest BCUT2D eigenvalue weighted by molar-refractivity contribution is 0.191. The molecule has 2 amide bonds. The van der Waals surface area contributed by atoms with E-state index in [4.69, 9.17) is 4.42 Å². The Hall–Kier alpha value is -2.60. The Morgan fingerprint density at radius 1 is 1.15 bits per heavy atom. The van der Waals surface area contributed by atoms with Crippen molar-refractivity contribution in [2.75, 3.05) is 6.54 Å². The van der Waals surface area contributed by atoms with E-state index in [-0.39, 0.29) is 12.1 Å². The summed E-state index contributed by atoms with van der Waals surface area (Å²) in [7, 11) is 0. The van der Waals surface area contributed by atoms with Crippen LogP contribution in [0.15, 0.2) is 69.8 Å². The summed E-state index contributed by atoms with van der Waals surface area (Å²) in [5.41, 5.74) is 2.14. The number of likely N-dealkylation sites (tertiary alicyclic amines) is 1. The van der Waals surface area contributed by atoms with Crippen molar-refractivity contribution in [1.29, 1.82) is 0 Å². The Balaban J connectivity index is 1.39. The maximum Gasteiger partial charge on any atom is 0.318 e. The molecule has 1 unspecified atom stereocenters. The second-order valence-electron chi connectivity index (χ2n) is 6.56. The van der Waals surface area contributed by atoms with Gasteiger partial charge in [-0.3, -0.25) is 4.98 Å². The molecule has 3 aromatic rings. The molecule has 0 bridgehead atoms. The molecule has 0 spiro atoms. The highest BCUT2D eigenvalue weighted by Crippen LogP contribution is 2.31. The number of benzene rings is 1. The van der Waals surface area contributed by atoms with Gasteiger partial charge in [0, 0.05) is 29.0 Å². The zero-order valence-electron chi connectivity index (χ0n) is 14.8. The maximum atomic E-state index is 12.7. The molecule has 1 aromatic carbocycles. The van der Waals surface area contributed by atoms with Gasteiger partial charge in [-0.2, -0.15) is 0 Å². The Morgan fingerprint density at radius 2 is 1.93 bits per heavy atom. The van der Waals surface area contributed by atoms with Gasteiger partial charge in [-0.15, -0.1) is 0 Å². The predicted octanol–water partition coefficient (Wildman–Crippen LogP) is 5.15. The van der Waals surface area contributed by atoms with Crippen LogP contribution in [0.4, 0.5) is 4.79 Å². The first kappa shape index (κ1) is 17.8. The third kappa shape index (κ3) is 4.06. The minimum atomic E-state index is -0.0593. The van der Waals surface area contributed by atoms with Gasteiger partial charge < -0.3 is 14.6 Å².